The quantitative estimate of drug-likeness (QED) is 0.917. The number of hydrogen-bond acceptors (Lipinski definition) is 4. The molecule has 1 aromatic rings. The fourth-order valence-electron chi connectivity index (χ4n) is 2.80. The zero-order valence-electron chi connectivity index (χ0n) is 11.8. The monoisotopic (exact) mass is 277 g/mol. The van der Waals surface area contributed by atoms with Crippen LogP contribution in [0.4, 0.5) is 0 Å². The summed E-state index contributed by atoms with van der Waals surface area (Å²) in [5.41, 5.74) is 1.12. The topological polar surface area (TPSA) is 59.0 Å². The van der Waals surface area contributed by atoms with E-state index in [1.165, 1.54) is 0 Å². The number of hydrogen-bond donors (Lipinski definition) is 1. The van der Waals surface area contributed by atoms with Crippen LogP contribution in [-0.2, 0) is 11.3 Å². The molecule has 3 rings (SSSR count). The Morgan fingerprint density at radius 3 is 2.85 bits per heavy atom. The minimum Gasteiger partial charge on any atom is -0.481 e. The molecule has 2 heterocycles. The van der Waals surface area contributed by atoms with Gasteiger partial charge in [0.2, 0.25) is 5.79 Å². The van der Waals surface area contributed by atoms with Crippen LogP contribution in [0, 0.1) is 5.92 Å². The second-order valence-corrected chi connectivity index (χ2v) is 5.94. The van der Waals surface area contributed by atoms with E-state index in [1.54, 1.807) is 0 Å². The van der Waals surface area contributed by atoms with Crippen molar-refractivity contribution in [2.24, 2.45) is 5.92 Å². The third kappa shape index (κ3) is 2.58. The molecule has 2 aliphatic rings. The van der Waals surface area contributed by atoms with Gasteiger partial charge in [0.1, 0.15) is 0 Å². The van der Waals surface area contributed by atoms with E-state index in [2.05, 4.69) is 4.90 Å². The van der Waals surface area contributed by atoms with Crippen LogP contribution in [0.5, 0.6) is 11.5 Å². The molecule has 1 aromatic carbocycles. The normalized spacial score (nSPS) is 24.0. The number of fused-ring (bicyclic) bond motifs is 1. The summed E-state index contributed by atoms with van der Waals surface area (Å²) in [7, 11) is 0. The van der Waals surface area contributed by atoms with Gasteiger partial charge in [-0.15, -0.1) is 0 Å². The number of benzene rings is 1. The Morgan fingerprint density at radius 2 is 2.15 bits per heavy atom. The van der Waals surface area contributed by atoms with Crippen LogP contribution in [-0.4, -0.2) is 34.9 Å². The van der Waals surface area contributed by atoms with E-state index in [0.717, 1.165) is 36.6 Å². The van der Waals surface area contributed by atoms with Gasteiger partial charge in [-0.25, -0.2) is 0 Å². The molecule has 1 fully saturated rings. The van der Waals surface area contributed by atoms with Crippen LogP contribution >= 0.6 is 0 Å². The maximum Gasteiger partial charge on any atom is 0.307 e. The van der Waals surface area contributed by atoms with Gasteiger partial charge in [0.25, 0.3) is 0 Å². The number of likely N-dealkylation sites (tertiary alicyclic amines) is 1. The summed E-state index contributed by atoms with van der Waals surface area (Å²) in [6, 6.07) is 5.92. The first-order valence-corrected chi connectivity index (χ1v) is 6.89. The van der Waals surface area contributed by atoms with Crippen molar-refractivity contribution in [3.63, 3.8) is 0 Å². The zero-order chi connectivity index (χ0) is 14.3. The molecule has 0 spiro atoms. The van der Waals surface area contributed by atoms with E-state index >= 15 is 0 Å². The van der Waals surface area contributed by atoms with Crippen molar-refractivity contribution in [1.29, 1.82) is 0 Å². The lowest BCUT2D eigenvalue weighted by molar-refractivity contribution is -0.141. The summed E-state index contributed by atoms with van der Waals surface area (Å²) >= 11 is 0. The first-order chi connectivity index (χ1) is 9.43. The average Bonchev–Trinajstić information content (AvgIpc) is 2.91. The fourth-order valence-corrected chi connectivity index (χ4v) is 2.80. The van der Waals surface area contributed by atoms with Crippen molar-refractivity contribution in [1.82, 2.24) is 4.90 Å². The minimum absolute atomic E-state index is 0.233. The highest BCUT2D eigenvalue weighted by Gasteiger charge is 2.32. The molecule has 5 nitrogen and oxygen atoms in total. The third-order valence-corrected chi connectivity index (χ3v) is 3.75. The van der Waals surface area contributed by atoms with Crippen LogP contribution < -0.4 is 9.47 Å². The number of aliphatic carboxylic acids is 1. The SMILES string of the molecule is CC1(C)Oc2ccc(CN3CCC(C(=O)O)C3)cc2O1. The Kier molecular flexibility index (Phi) is 3.09. The molecule has 1 atom stereocenters. The van der Waals surface area contributed by atoms with Crippen molar-refractivity contribution in [3.8, 4) is 11.5 Å². The van der Waals surface area contributed by atoms with Gasteiger partial charge < -0.3 is 14.6 Å². The number of carbonyl (C=O) groups is 1. The largest absolute Gasteiger partial charge is 0.481 e. The molecular formula is C15H19NO4. The van der Waals surface area contributed by atoms with E-state index in [4.69, 9.17) is 14.6 Å². The van der Waals surface area contributed by atoms with Crippen molar-refractivity contribution in [3.05, 3.63) is 23.8 Å². The lowest BCUT2D eigenvalue weighted by Crippen LogP contribution is -2.29. The first kappa shape index (κ1) is 13.2. The number of nitrogens with zero attached hydrogens (tertiary/aromatic N) is 1. The average molecular weight is 277 g/mol. The highest BCUT2D eigenvalue weighted by molar-refractivity contribution is 5.70. The van der Waals surface area contributed by atoms with E-state index in [1.807, 2.05) is 32.0 Å². The molecule has 1 saturated heterocycles. The van der Waals surface area contributed by atoms with Crippen LogP contribution in [0.15, 0.2) is 18.2 Å². The number of rotatable bonds is 3. The molecule has 108 valence electrons. The maximum atomic E-state index is 11.0. The number of carboxylic acids is 1. The van der Waals surface area contributed by atoms with Crippen LogP contribution in [0.1, 0.15) is 25.8 Å². The Balaban J connectivity index is 1.67. The van der Waals surface area contributed by atoms with Gasteiger partial charge in [-0.1, -0.05) is 6.07 Å². The van der Waals surface area contributed by atoms with Crippen molar-refractivity contribution in [2.75, 3.05) is 13.1 Å². The van der Waals surface area contributed by atoms with Crippen molar-refractivity contribution >= 4 is 5.97 Å². The first-order valence-electron chi connectivity index (χ1n) is 6.89. The van der Waals surface area contributed by atoms with Gasteiger partial charge in [0.05, 0.1) is 5.92 Å². The lowest BCUT2D eigenvalue weighted by atomic mass is 10.1. The molecule has 2 aliphatic heterocycles. The van der Waals surface area contributed by atoms with Crippen molar-refractivity contribution < 1.29 is 19.4 Å². The molecule has 5 heteroatoms. The smallest absolute Gasteiger partial charge is 0.307 e. The Hall–Kier alpha value is -1.75. The molecule has 0 amide bonds. The summed E-state index contributed by atoms with van der Waals surface area (Å²) in [5, 5.41) is 9.02. The molecule has 0 aromatic heterocycles. The highest BCUT2D eigenvalue weighted by Crippen LogP contribution is 2.39. The lowest BCUT2D eigenvalue weighted by Gasteiger charge is -2.16. The molecule has 0 aliphatic carbocycles. The predicted molar refractivity (Wildman–Crippen MR) is 72.8 cm³/mol. The highest BCUT2D eigenvalue weighted by atomic mass is 16.7. The van der Waals surface area contributed by atoms with Crippen LogP contribution in [0.25, 0.3) is 0 Å². The maximum absolute atomic E-state index is 11.0. The van der Waals surface area contributed by atoms with Crippen LogP contribution in [0.3, 0.4) is 0 Å². The van der Waals surface area contributed by atoms with E-state index in [9.17, 15) is 4.79 Å². The Labute approximate surface area is 118 Å². The second kappa shape index (κ2) is 4.66. The van der Waals surface area contributed by atoms with Gasteiger partial charge in [-0.05, 0) is 30.7 Å². The molecule has 1 N–H and O–H groups in total. The zero-order valence-corrected chi connectivity index (χ0v) is 11.8. The molecule has 20 heavy (non-hydrogen) atoms. The molecule has 0 bridgehead atoms. The summed E-state index contributed by atoms with van der Waals surface area (Å²) < 4.78 is 11.4. The van der Waals surface area contributed by atoms with E-state index in [-0.39, 0.29) is 5.92 Å². The molecule has 1 unspecified atom stereocenters. The molecular weight excluding hydrogens is 258 g/mol. The fraction of sp³-hybridized carbons (Fsp3) is 0.533. The van der Waals surface area contributed by atoms with Crippen molar-refractivity contribution in [2.45, 2.75) is 32.6 Å². The predicted octanol–water partition coefficient (Wildman–Crippen LogP) is 2.10. The Bertz CT molecular complexity index is 541. The third-order valence-electron chi connectivity index (χ3n) is 3.75. The van der Waals surface area contributed by atoms with Gasteiger partial charge in [0, 0.05) is 26.9 Å². The standard InChI is InChI=1S/C15H19NO4/c1-15(2)19-12-4-3-10(7-13(12)20-15)8-16-6-5-11(9-16)14(17)18/h3-4,7,11H,5-6,8-9H2,1-2H3,(H,17,18). The van der Waals surface area contributed by atoms with Crippen LogP contribution in [0.2, 0.25) is 0 Å². The van der Waals surface area contributed by atoms with Gasteiger partial charge >= 0.3 is 5.97 Å². The number of ether oxygens (including phenoxy) is 2. The van der Waals surface area contributed by atoms with Gasteiger partial charge in [-0.3, -0.25) is 9.69 Å². The van der Waals surface area contributed by atoms with E-state index < -0.39 is 11.8 Å². The molecule has 0 radical (unpaired) electrons. The number of carboxylic acid groups (broad SMARTS) is 1. The molecule has 0 saturated carbocycles. The summed E-state index contributed by atoms with van der Waals surface area (Å²) in [6.45, 7) is 5.96. The Morgan fingerprint density at radius 1 is 1.40 bits per heavy atom. The summed E-state index contributed by atoms with van der Waals surface area (Å²) in [5.74, 6) is -0.00355. The second-order valence-electron chi connectivity index (χ2n) is 5.94. The summed E-state index contributed by atoms with van der Waals surface area (Å²) in [6.07, 6.45) is 0.729. The van der Waals surface area contributed by atoms with E-state index in [0.29, 0.717) is 6.54 Å². The van der Waals surface area contributed by atoms with Gasteiger partial charge in [-0.2, -0.15) is 0 Å². The van der Waals surface area contributed by atoms with Gasteiger partial charge in [0.15, 0.2) is 11.5 Å². The minimum atomic E-state index is -0.695. The summed E-state index contributed by atoms with van der Waals surface area (Å²) in [4.78, 5) is 13.1.